The fourth-order valence-electron chi connectivity index (χ4n) is 1.62. The summed E-state index contributed by atoms with van der Waals surface area (Å²) in [6.45, 7) is 5.53. The highest BCUT2D eigenvalue weighted by molar-refractivity contribution is 9.10. The second kappa shape index (κ2) is 4.89. The van der Waals surface area contributed by atoms with Crippen molar-refractivity contribution in [2.75, 3.05) is 5.32 Å². The highest BCUT2D eigenvalue weighted by Gasteiger charge is 2.13. The third-order valence-electron chi connectivity index (χ3n) is 2.65. The number of hydrogen-bond donors (Lipinski definition) is 1. The number of nitrogens with zero attached hydrogens (tertiary/aromatic N) is 3. The third kappa shape index (κ3) is 2.43. The largest absolute Gasteiger partial charge is 0.618 e. The normalized spacial score (nSPS) is 10.4. The van der Waals surface area contributed by atoms with E-state index in [0.717, 1.165) is 20.5 Å². The number of aryl methyl sites for hydroxylation is 2. The van der Waals surface area contributed by atoms with E-state index >= 15 is 0 Å². The van der Waals surface area contributed by atoms with Crippen LogP contribution in [0.2, 0.25) is 0 Å². The van der Waals surface area contributed by atoms with Crippen LogP contribution >= 0.6 is 15.9 Å². The van der Waals surface area contributed by atoms with Gasteiger partial charge in [-0.05, 0) is 35.3 Å². The van der Waals surface area contributed by atoms with E-state index < -0.39 is 0 Å². The molecule has 0 aliphatic carbocycles. The van der Waals surface area contributed by atoms with Crippen LogP contribution in [-0.2, 0) is 0 Å². The summed E-state index contributed by atoms with van der Waals surface area (Å²) in [5, 5.41) is 14.7. The van der Waals surface area contributed by atoms with Gasteiger partial charge in [-0.1, -0.05) is 0 Å². The molecule has 18 heavy (non-hydrogen) atoms. The molecule has 2 aromatic rings. The molecule has 5 nitrogen and oxygen atoms in total. The Hall–Kier alpha value is -1.69. The summed E-state index contributed by atoms with van der Waals surface area (Å²) in [6.07, 6.45) is 3.18. The van der Waals surface area contributed by atoms with E-state index in [1.165, 1.54) is 6.20 Å². The molecule has 0 amide bonds. The van der Waals surface area contributed by atoms with Gasteiger partial charge in [-0.3, -0.25) is 0 Å². The summed E-state index contributed by atoms with van der Waals surface area (Å²) in [5.74, 6) is 1.32. The van der Waals surface area contributed by atoms with Gasteiger partial charge < -0.3 is 10.5 Å². The number of aromatic nitrogens is 3. The molecule has 2 heterocycles. The lowest BCUT2D eigenvalue weighted by Gasteiger charge is -2.12. The van der Waals surface area contributed by atoms with Crippen molar-refractivity contribution in [2.24, 2.45) is 0 Å². The molecule has 0 aliphatic rings. The molecule has 0 aromatic carbocycles. The van der Waals surface area contributed by atoms with Crippen LogP contribution in [0.4, 0.5) is 11.5 Å². The van der Waals surface area contributed by atoms with E-state index in [9.17, 15) is 5.21 Å². The van der Waals surface area contributed by atoms with Gasteiger partial charge in [0.15, 0.2) is 6.20 Å². The first kappa shape index (κ1) is 12.8. The molecule has 6 heteroatoms. The molecule has 0 saturated heterocycles. The van der Waals surface area contributed by atoms with Crippen LogP contribution in [0, 0.1) is 26.0 Å². The van der Waals surface area contributed by atoms with Crippen molar-refractivity contribution in [1.29, 1.82) is 0 Å². The molecule has 94 valence electrons. The van der Waals surface area contributed by atoms with Crippen LogP contribution in [0.5, 0.6) is 0 Å². The highest BCUT2D eigenvalue weighted by atomic mass is 79.9. The van der Waals surface area contributed by atoms with Crippen molar-refractivity contribution in [2.45, 2.75) is 20.8 Å². The molecular formula is C12H13BrN4O. The molecule has 2 aromatic heterocycles. The fourth-order valence-corrected chi connectivity index (χ4v) is 1.91. The van der Waals surface area contributed by atoms with Crippen molar-refractivity contribution in [1.82, 2.24) is 9.97 Å². The minimum Gasteiger partial charge on any atom is -0.618 e. The second-order valence-electron chi connectivity index (χ2n) is 4.02. The number of pyridine rings is 1. The molecule has 0 unspecified atom stereocenters. The Morgan fingerprint density at radius 2 is 2.06 bits per heavy atom. The zero-order chi connectivity index (χ0) is 13.3. The van der Waals surface area contributed by atoms with Gasteiger partial charge >= 0.3 is 0 Å². The van der Waals surface area contributed by atoms with Gasteiger partial charge in [0, 0.05) is 19.2 Å². The predicted molar refractivity (Wildman–Crippen MR) is 72.6 cm³/mol. The maximum absolute atomic E-state index is 11.6. The van der Waals surface area contributed by atoms with Gasteiger partial charge in [-0.2, -0.15) is 4.73 Å². The molecular weight excluding hydrogens is 296 g/mol. The molecule has 0 aliphatic heterocycles. The first-order chi connectivity index (χ1) is 8.49. The lowest BCUT2D eigenvalue weighted by atomic mass is 10.2. The molecule has 0 saturated carbocycles. The first-order valence-electron chi connectivity index (χ1n) is 5.44. The molecule has 0 spiro atoms. The Kier molecular flexibility index (Phi) is 3.47. The van der Waals surface area contributed by atoms with E-state index in [-0.39, 0.29) is 0 Å². The average Bonchev–Trinajstić information content (AvgIpc) is 2.34. The molecule has 0 bridgehead atoms. The summed E-state index contributed by atoms with van der Waals surface area (Å²) < 4.78 is 1.59. The Bertz CT molecular complexity index is 601. The van der Waals surface area contributed by atoms with Crippen LogP contribution < -0.4 is 10.0 Å². The van der Waals surface area contributed by atoms with Gasteiger partial charge in [0.2, 0.25) is 5.69 Å². The summed E-state index contributed by atoms with van der Waals surface area (Å²) in [5.41, 5.74) is 2.37. The quantitative estimate of drug-likeness (QED) is 0.684. The third-order valence-corrected chi connectivity index (χ3v) is 3.23. The van der Waals surface area contributed by atoms with E-state index in [0.29, 0.717) is 17.3 Å². The minimum atomic E-state index is 0.609. The van der Waals surface area contributed by atoms with Crippen molar-refractivity contribution >= 4 is 27.4 Å². The van der Waals surface area contributed by atoms with Gasteiger partial charge in [-0.15, -0.1) is 0 Å². The molecule has 0 fully saturated rings. The maximum Gasteiger partial charge on any atom is 0.213 e. The SMILES string of the molecule is Cc1ncc(Br)c(Nc2c(C)cc[n+]([O-])c2C)n1. The highest BCUT2D eigenvalue weighted by Crippen LogP contribution is 2.25. The number of rotatable bonds is 2. The molecule has 1 N–H and O–H groups in total. The monoisotopic (exact) mass is 308 g/mol. The van der Waals surface area contributed by atoms with Crippen molar-refractivity contribution < 1.29 is 4.73 Å². The zero-order valence-corrected chi connectivity index (χ0v) is 11.9. The number of halogens is 1. The van der Waals surface area contributed by atoms with E-state index in [1.807, 2.05) is 13.8 Å². The molecule has 0 radical (unpaired) electrons. The van der Waals surface area contributed by atoms with Crippen LogP contribution in [0.3, 0.4) is 0 Å². The number of hydrogen-bond acceptors (Lipinski definition) is 4. The van der Waals surface area contributed by atoms with Crippen LogP contribution in [0.1, 0.15) is 17.1 Å². The van der Waals surface area contributed by atoms with E-state index in [4.69, 9.17) is 0 Å². The van der Waals surface area contributed by atoms with E-state index in [1.54, 1.807) is 19.2 Å². The predicted octanol–water partition coefficient (Wildman–Crippen LogP) is 2.54. The smallest absolute Gasteiger partial charge is 0.213 e. The van der Waals surface area contributed by atoms with Gasteiger partial charge in [0.25, 0.3) is 0 Å². The van der Waals surface area contributed by atoms with Gasteiger partial charge in [0.05, 0.1) is 4.47 Å². The fraction of sp³-hybridized carbons (Fsp3) is 0.250. The zero-order valence-electron chi connectivity index (χ0n) is 10.4. The van der Waals surface area contributed by atoms with Gasteiger partial charge in [-0.25, -0.2) is 9.97 Å². The Morgan fingerprint density at radius 3 is 2.78 bits per heavy atom. The molecule has 2 rings (SSSR count). The van der Waals surface area contributed by atoms with Crippen molar-refractivity contribution in [3.05, 3.63) is 45.2 Å². The van der Waals surface area contributed by atoms with E-state index in [2.05, 4.69) is 31.2 Å². The van der Waals surface area contributed by atoms with Gasteiger partial charge in [0.1, 0.15) is 17.3 Å². The lowest BCUT2D eigenvalue weighted by molar-refractivity contribution is -0.611. The topological polar surface area (TPSA) is 64.8 Å². The minimum absolute atomic E-state index is 0.609. The first-order valence-corrected chi connectivity index (χ1v) is 6.24. The van der Waals surface area contributed by atoms with Crippen molar-refractivity contribution in [3.63, 3.8) is 0 Å². The number of anilines is 2. The summed E-state index contributed by atoms with van der Waals surface area (Å²) in [4.78, 5) is 8.38. The Balaban J connectivity index is 2.46. The Labute approximate surface area is 114 Å². The summed E-state index contributed by atoms with van der Waals surface area (Å²) in [7, 11) is 0. The second-order valence-corrected chi connectivity index (χ2v) is 4.88. The number of nitrogens with one attached hydrogen (secondary N) is 1. The standard InChI is InChI=1S/C12H13BrN4O/c1-7-4-5-17(18)8(2)11(7)16-12-10(13)6-14-9(3)15-12/h4-6H,1-3H3,(H,14,15,16). The average molecular weight is 309 g/mol. The Morgan fingerprint density at radius 1 is 1.33 bits per heavy atom. The molecule has 0 atom stereocenters. The summed E-state index contributed by atoms with van der Waals surface area (Å²) >= 11 is 3.38. The van der Waals surface area contributed by atoms with Crippen molar-refractivity contribution in [3.8, 4) is 0 Å². The van der Waals surface area contributed by atoms with Crippen LogP contribution in [-0.4, -0.2) is 9.97 Å². The maximum atomic E-state index is 11.6. The lowest BCUT2D eigenvalue weighted by Crippen LogP contribution is -2.30. The summed E-state index contributed by atoms with van der Waals surface area (Å²) in [6, 6.07) is 1.77. The van der Waals surface area contributed by atoms with Crippen LogP contribution in [0.15, 0.2) is 22.9 Å². The van der Waals surface area contributed by atoms with Crippen LogP contribution in [0.25, 0.3) is 0 Å².